The molecule has 1 aromatic rings. The summed E-state index contributed by atoms with van der Waals surface area (Å²) in [5, 5.41) is 3.76. The number of benzene rings is 1. The molecule has 2 fully saturated rings. The van der Waals surface area contributed by atoms with E-state index >= 15 is 0 Å². The van der Waals surface area contributed by atoms with Crippen molar-refractivity contribution in [3.63, 3.8) is 0 Å². The Morgan fingerprint density at radius 3 is 2.64 bits per heavy atom. The largest absolute Gasteiger partial charge is 0.492 e. The molecule has 0 saturated carbocycles. The minimum absolute atomic E-state index is 0.0270. The van der Waals surface area contributed by atoms with Crippen LogP contribution in [0.1, 0.15) is 32.6 Å². The van der Waals surface area contributed by atoms with Crippen molar-refractivity contribution < 1.29 is 9.53 Å². The Kier molecular flexibility index (Phi) is 4.81. The highest BCUT2D eigenvalue weighted by atomic mass is 32.2. The third kappa shape index (κ3) is 3.05. The number of urea groups is 1. The van der Waals surface area contributed by atoms with Gasteiger partial charge in [0.15, 0.2) is 0 Å². The van der Waals surface area contributed by atoms with Gasteiger partial charge in [-0.15, -0.1) is 0 Å². The van der Waals surface area contributed by atoms with E-state index in [1.54, 1.807) is 0 Å². The van der Waals surface area contributed by atoms with Gasteiger partial charge < -0.3 is 15.0 Å². The summed E-state index contributed by atoms with van der Waals surface area (Å²) >= 11 is 1.94. The van der Waals surface area contributed by atoms with Crippen molar-refractivity contribution >= 4 is 23.5 Å². The molecule has 2 bridgehead atoms. The van der Waals surface area contributed by atoms with Crippen LogP contribution in [0, 0.1) is 0 Å². The number of nitrogens with one attached hydrogen (secondary N) is 1. The molecule has 120 valence electrons. The molecular weight excluding hydrogens is 296 g/mol. The molecule has 0 aliphatic carbocycles. The lowest BCUT2D eigenvalue weighted by atomic mass is 10.0. The first kappa shape index (κ1) is 15.5. The number of anilines is 1. The molecular formula is C17H24N2O2S. The molecule has 0 aromatic heterocycles. The molecule has 2 atom stereocenters. The fourth-order valence-electron chi connectivity index (χ4n) is 3.68. The van der Waals surface area contributed by atoms with E-state index in [2.05, 4.69) is 16.5 Å². The van der Waals surface area contributed by atoms with Crippen LogP contribution in [0.15, 0.2) is 24.3 Å². The average molecular weight is 320 g/mol. The molecule has 3 rings (SSSR count). The van der Waals surface area contributed by atoms with Crippen LogP contribution in [0.25, 0.3) is 0 Å². The van der Waals surface area contributed by atoms with Gasteiger partial charge in [0.05, 0.1) is 12.3 Å². The topological polar surface area (TPSA) is 41.6 Å². The number of nitrogens with zero attached hydrogens (tertiary/aromatic N) is 1. The van der Waals surface area contributed by atoms with E-state index in [1.807, 2.05) is 43.0 Å². The Hall–Kier alpha value is -1.36. The lowest BCUT2D eigenvalue weighted by Crippen LogP contribution is -2.49. The predicted molar refractivity (Wildman–Crippen MR) is 91.8 cm³/mol. The minimum atomic E-state index is 0.0270. The third-order valence-electron chi connectivity index (χ3n) is 4.69. The van der Waals surface area contributed by atoms with Crippen molar-refractivity contribution in [2.24, 2.45) is 0 Å². The van der Waals surface area contributed by atoms with E-state index in [0.29, 0.717) is 23.9 Å². The molecule has 1 aromatic carbocycles. The van der Waals surface area contributed by atoms with E-state index < -0.39 is 0 Å². The number of amides is 2. The fourth-order valence-corrected chi connectivity index (χ4v) is 4.51. The van der Waals surface area contributed by atoms with Crippen molar-refractivity contribution in [2.75, 3.05) is 18.2 Å². The first-order valence-electron chi connectivity index (χ1n) is 8.06. The Morgan fingerprint density at radius 1 is 1.32 bits per heavy atom. The molecule has 0 spiro atoms. The second-order valence-electron chi connectivity index (χ2n) is 5.98. The predicted octanol–water partition coefficient (Wildman–Crippen LogP) is 3.98. The second-order valence-corrected chi connectivity index (χ2v) is 7.12. The van der Waals surface area contributed by atoms with Gasteiger partial charge in [0.2, 0.25) is 0 Å². The van der Waals surface area contributed by atoms with Crippen LogP contribution >= 0.6 is 11.8 Å². The Bertz CT molecular complexity index is 523. The minimum Gasteiger partial charge on any atom is -0.492 e. The van der Waals surface area contributed by atoms with Crippen LogP contribution in [0.2, 0.25) is 0 Å². The molecule has 1 N–H and O–H groups in total. The normalized spacial score (nSPS) is 26.8. The van der Waals surface area contributed by atoms with E-state index in [-0.39, 0.29) is 6.03 Å². The average Bonchev–Trinajstić information content (AvgIpc) is 2.80. The van der Waals surface area contributed by atoms with E-state index in [1.165, 1.54) is 0 Å². The lowest BCUT2D eigenvalue weighted by Gasteiger charge is -2.38. The van der Waals surface area contributed by atoms with Gasteiger partial charge in [0.1, 0.15) is 5.75 Å². The summed E-state index contributed by atoms with van der Waals surface area (Å²) in [7, 11) is 0. The molecule has 2 heterocycles. The molecule has 2 amide bonds. The van der Waals surface area contributed by atoms with E-state index in [4.69, 9.17) is 4.74 Å². The van der Waals surface area contributed by atoms with Crippen LogP contribution in [-0.2, 0) is 0 Å². The van der Waals surface area contributed by atoms with Crippen LogP contribution in [0.3, 0.4) is 0 Å². The van der Waals surface area contributed by atoms with Crippen molar-refractivity contribution in [1.29, 1.82) is 0 Å². The summed E-state index contributed by atoms with van der Waals surface area (Å²) < 4.78 is 5.59. The maximum absolute atomic E-state index is 12.7. The number of hydrogen-bond donors (Lipinski definition) is 1. The van der Waals surface area contributed by atoms with E-state index in [9.17, 15) is 4.79 Å². The standard InChI is InChI=1S/C17H24N2O2S/c1-3-21-16-7-5-4-6-15(16)18-17(20)19-12-8-9-13(19)11-14(10-12)22-2/h4-7,12-14H,3,8-11H2,1-2H3,(H,18,20). The molecule has 5 heteroatoms. The quantitative estimate of drug-likeness (QED) is 0.912. The summed E-state index contributed by atoms with van der Waals surface area (Å²) in [5.74, 6) is 0.740. The lowest BCUT2D eigenvalue weighted by molar-refractivity contribution is 0.161. The van der Waals surface area contributed by atoms with Crippen molar-refractivity contribution in [1.82, 2.24) is 4.90 Å². The summed E-state index contributed by atoms with van der Waals surface area (Å²) in [6.07, 6.45) is 6.71. The number of thioether (sulfide) groups is 1. The van der Waals surface area contributed by atoms with Crippen molar-refractivity contribution in [2.45, 2.75) is 49.9 Å². The van der Waals surface area contributed by atoms with Gasteiger partial charge in [0, 0.05) is 17.3 Å². The SMILES string of the molecule is CCOc1ccccc1NC(=O)N1C2CCC1CC(SC)C2. The van der Waals surface area contributed by atoms with E-state index in [0.717, 1.165) is 37.1 Å². The van der Waals surface area contributed by atoms with Gasteiger partial charge in [-0.05, 0) is 51.0 Å². The number of ether oxygens (including phenoxy) is 1. The van der Waals surface area contributed by atoms with Crippen molar-refractivity contribution in [3.05, 3.63) is 24.3 Å². The van der Waals surface area contributed by atoms with Crippen LogP contribution < -0.4 is 10.1 Å². The van der Waals surface area contributed by atoms with Gasteiger partial charge in [-0.25, -0.2) is 4.79 Å². The first-order chi connectivity index (χ1) is 10.7. The van der Waals surface area contributed by atoms with Crippen LogP contribution in [0.4, 0.5) is 10.5 Å². The maximum Gasteiger partial charge on any atom is 0.322 e. The van der Waals surface area contributed by atoms with Crippen LogP contribution in [0.5, 0.6) is 5.75 Å². The zero-order valence-corrected chi connectivity index (χ0v) is 14.1. The molecule has 4 nitrogen and oxygen atoms in total. The number of rotatable bonds is 4. The first-order valence-corrected chi connectivity index (χ1v) is 9.35. The summed E-state index contributed by atoms with van der Waals surface area (Å²) in [6, 6.07) is 8.47. The number of hydrogen-bond acceptors (Lipinski definition) is 3. The van der Waals surface area contributed by atoms with Crippen LogP contribution in [-0.4, -0.2) is 41.1 Å². The zero-order valence-electron chi connectivity index (χ0n) is 13.2. The van der Waals surface area contributed by atoms with Gasteiger partial charge >= 0.3 is 6.03 Å². The van der Waals surface area contributed by atoms with Gasteiger partial charge in [-0.3, -0.25) is 0 Å². The number of carbonyl (C=O) groups is 1. The second kappa shape index (κ2) is 6.82. The fraction of sp³-hybridized carbons (Fsp3) is 0.588. The number of fused-ring (bicyclic) bond motifs is 2. The zero-order chi connectivity index (χ0) is 15.5. The highest BCUT2D eigenvalue weighted by molar-refractivity contribution is 7.99. The monoisotopic (exact) mass is 320 g/mol. The van der Waals surface area contributed by atoms with Gasteiger partial charge in [-0.1, -0.05) is 12.1 Å². The summed E-state index contributed by atoms with van der Waals surface area (Å²) in [5.41, 5.74) is 0.765. The molecule has 22 heavy (non-hydrogen) atoms. The summed E-state index contributed by atoms with van der Waals surface area (Å²) in [4.78, 5) is 14.8. The molecule has 2 unspecified atom stereocenters. The molecule has 2 saturated heterocycles. The number of piperidine rings is 1. The highest BCUT2D eigenvalue weighted by Crippen LogP contribution is 2.40. The Morgan fingerprint density at radius 2 is 2.00 bits per heavy atom. The Balaban J connectivity index is 1.71. The number of para-hydroxylation sites is 2. The number of carbonyl (C=O) groups excluding carboxylic acids is 1. The Labute approximate surface area is 136 Å². The van der Waals surface area contributed by atoms with Gasteiger partial charge in [-0.2, -0.15) is 11.8 Å². The third-order valence-corrected chi connectivity index (χ3v) is 5.74. The smallest absolute Gasteiger partial charge is 0.322 e. The highest BCUT2D eigenvalue weighted by Gasteiger charge is 2.43. The molecule has 0 radical (unpaired) electrons. The molecule has 2 aliphatic rings. The molecule has 2 aliphatic heterocycles. The maximum atomic E-state index is 12.7. The van der Waals surface area contributed by atoms with Gasteiger partial charge in [0.25, 0.3) is 0 Å². The van der Waals surface area contributed by atoms with Crippen molar-refractivity contribution in [3.8, 4) is 5.75 Å². The summed E-state index contributed by atoms with van der Waals surface area (Å²) in [6.45, 7) is 2.54.